The zero-order chi connectivity index (χ0) is 11.6. The second-order valence-corrected chi connectivity index (χ2v) is 3.18. The SMILES string of the molecule is N#CCCNCc1ccc(OCC#N)cc1. The number of nitrogens with one attached hydrogen (secondary N) is 1. The molecule has 0 aliphatic carbocycles. The van der Waals surface area contributed by atoms with Gasteiger partial charge in [0.2, 0.25) is 0 Å². The molecule has 1 N–H and O–H groups in total. The molecule has 16 heavy (non-hydrogen) atoms. The Morgan fingerprint density at radius 1 is 1.12 bits per heavy atom. The summed E-state index contributed by atoms with van der Waals surface area (Å²) in [5, 5.41) is 19.8. The van der Waals surface area contributed by atoms with E-state index in [2.05, 4.69) is 11.4 Å². The van der Waals surface area contributed by atoms with Crippen LogP contribution in [-0.4, -0.2) is 13.2 Å². The summed E-state index contributed by atoms with van der Waals surface area (Å²) >= 11 is 0. The highest BCUT2D eigenvalue weighted by atomic mass is 16.5. The molecule has 4 heteroatoms. The highest BCUT2D eigenvalue weighted by Crippen LogP contribution is 2.11. The minimum atomic E-state index is 0.0692. The molecule has 0 radical (unpaired) electrons. The summed E-state index contributed by atoms with van der Waals surface area (Å²) in [5.41, 5.74) is 1.13. The molecule has 82 valence electrons. The first-order valence-electron chi connectivity index (χ1n) is 5.03. The van der Waals surface area contributed by atoms with Gasteiger partial charge in [0, 0.05) is 19.5 Å². The van der Waals surface area contributed by atoms with Crippen molar-refractivity contribution in [2.24, 2.45) is 0 Å². The summed E-state index contributed by atoms with van der Waals surface area (Å²) in [7, 11) is 0. The molecule has 0 saturated carbocycles. The van der Waals surface area contributed by atoms with E-state index in [-0.39, 0.29) is 6.61 Å². The highest BCUT2D eigenvalue weighted by molar-refractivity contribution is 5.27. The van der Waals surface area contributed by atoms with E-state index in [1.165, 1.54) is 0 Å². The van der Waals surface area contributed by atoms with Crippen LogP contribution in [0.1, 0.15) is 12.0 Å². The molecule has 1 aromatic rings. The fraction of sp³-hybridized carbons (Fsp3) is 0.333. The number of hydrogen-bond donors (Lipinski definition) is 1. The lowest BCUT2D eigenvalue weighted by Crippen LogP contribution is -2.13. The van der Waals surface area contributed by atoms with Crippen molar-refractivity contribution in [3.8, 4) is 17.9 Å². The van der Waals surface area contributed by atoms with Gasteiger partial charge in [-0.05, 0) is 17.7 Å². The fourth-order valence-corrected chi connectivity index (χ4v) is 1.20. The topological polar surface area (TPSA) is 68.8 Å². The van der Waals surface area contributed by atoms with Crippen LogP contribution in [0.5, 0.6) is 5.75 Å². The van der Waals surface area contributed by atoms with Crippen molar-refractivity contribution in [3.05, 3.63) is 29.8 Å². The first-order chi connectivity index (χ1) is 7.86. The summed E-state index contributed by atoms with van der Waals surface area (Å²) in [6, 6.07) is 11.5. The molecule has 0 unspecified atom stereocenters. The Morgan fingerprint density at radius 3 is 2.50 bits per heavy atom. The van der Waals surface area contributed by atoms with Crippen molar-refractivity contribution in [2.45, 2.75) is 13.0 Å². The van der Waals surface area contributed by atoms with Crippen LogP contribution in [0.15, 0.2) is 24.3 Å². The molecular formula is C12H13N3O. The third kappa shape index (κ3) is 4.45. The first kappa shape index (κ1) is 12.0. The van der Waals surface area contributed by atoms with Gasteiger partial charge in [-0.2, -0.15) is 10.5 Å². The van der Waals surface area contributed by atoms with E-state index in [4.69, 9.17) is 15.3 Å². The summed E-state index contributed by atoms with van der Waals surface area (Å²) in [4.78, 5) is 0. The quantitative estimate of drug-likeness (QED) is 0.732. The van der Waals surface area contributed by atoms with Gasteiger partial charge in [-0.1, -0.05) is 12.1 Å². The van der Waals surface area contributed by atoms with Crippen molar-refractivity contribution in [1.82, 2.24) is 5.32 Å². The van der Waals surface area contributed by atoms with Crippen LogP contribution < -0.4 is 10.1 Å². The van der Waals surface area contributed by atoms with E-state index in [0.29, 0.717) is 18.7 Å². The third-order valence-corrected chi connectivity index (χ3v) is 1.97. The van der Waals surface area contributed by atoms with Gasteiger partial charge in [0.25, 0.3) is 0 Å². The molecule has 4 nitrogen and oxygen atoms in total. The largest absolute Gasteiger partial charge is 0.479 e. The lowest BCUT2D eigenvalue weighted by Gasteiger charge is -2.04. The predicted octanol–water partition coefficient (Wildman–Crippen LogP) is 1.59. The Bertz CT molecular complexity index is 386. The van der Waals surface area contributed by atoms with Gasteiger partial charge in [0.15, 0.2) is 6.61 Å². The van der Waals surface area contributed by atoms with Crippen LogP contribution in [0.2, 0.25) is 0 Å². The average Bonchev–Trinajstić information content (AvgIpc) is 2.33. The van der Waals surface area contributed by atoms with Crippen molar-refractivity contribution < 1.29 is 4.74 Å². The Hall–Kier alpha value is -2.04. The van der Waals surface area contributed by atoms with Crippen molar-refractivity contribution in [3.63, 3.8) is 0 Å². The molecule has 0 heterocycles. The smallest absolute Gasteiger partial charge is 0.174 e. The highest BCUT2D eigenvalue weighted by Gasteiger charge is 1.95. The van der Waals surface area contributed by atoms with E-state index in [1.807, 2.05) is 30.3 Å². The molecule has 0 atom stereocenters. The molecule has 0 aliphatic rings. The maximum Gasteiger partial charge on any atom is 0.174 e. The molecule has 0 aliphatic heterocycles. The second kappa shape index (κ2) is 7.28. The molecule has 0 amide bonds. The molecule has 1 aromatic carbocycles. The van der Waals surface area contributed by atoms with Crippen molar-refractivity contribution in [1.29, 1.82) is 10.5 Å². The maximum atomic E-state index is 8.35. The van der Waals surface area contributed by atoms with Crippen LogP contribution in [0, 0.1) is 22.7 Å². The predicted molar refractivity (Wildman–Crippen MR) is 59.5 cm³/mol. The van der Waals surface area contributed by atoms with Gasteiger partial charge in [-0.15, -0.1) is 0 Å². The number of nitriles is 2. The fourth-order valence-electron chi connectivity index (χ4n) is 1.20. The van der Waals surface area contributed by atoms with Crippen molar-refractivity contribution >= 4 is 0 Å². The summed E-state index contributed by atoms with van der Waals surface area (Å²) in [6.07, 6.45) is 0.517. The minimum absolute atomic E-state index is 0.0692. The lowest BCUT2D eigenvalue weighted by molar-refractivity contribution is 0.368. The lowest BCUT2D eigenvalue weighted by atomic mass is 10.2. The normalized spacial score (nSPS) is 9.12. The molecule has 1 rings (SSSR count). The zero-order valence-corrected chi connectivity index (χ0v) is 8.94. The number of hydrogen-bond acceptors (Lipinski definition) is 4. The number of ether oxygens (including phenoxy) is 1. The summed E-state index contributed by atoms with van der Waals surface area (Å²) < 4.78 is 5.13. The Balaban J connectivity index is 2.34. The van der Waals surface area contributed by atoms with Crippen LogP contribution in [0.3, 0.4) is 0 Å². The monoisotopic (exact) mass is 215 g/mol. The second-order valence-electron chi connectivity index (χ2n) is 3.18. The van der Waals surface area contributed by atoms with E-state index in [0.717, 1.165) is 12.1 Å². The van der Waals surface area contributed by atoms with Crippen molar-refractivity contribution in [2.75, 3.05) is 13.2 Å². The van der Waals surface area contributed by atoms with E-state index < -0.39 is 0 Å². The van der Waals surface area contributed by atoms with E-state index in [9.17, 15) is 0 Å². The number of nitrogens with zero attached hydrogens (tertiary/aromatic N) is 2. The Labute approximate surface area is 95.1 Å². The molecule has 0 aromatic heterocycles. The minimum Gasteiger partial charge on any atom is -0.479 e. The molecule has 0 saturated heterocycles. The van der Waals surface area contributed by atoms with E-state index in [1.54, 1.807) is 0 Å². The average molecular weight is 215 g/mol. The van der Waals surface area contributed by atoms with Gasteiger partial charge >= 0.3 is 0 Å². The number of benzene rings is 1. The van der Waals surface area contributed by atoms with E-state index >= 15 is 0 Å². The molecular weight excluding hydrogens is 202 g/mol. The van der Waals surface area contributed by atoms with Crippen LogP contribution in [0.4, 0.5) is 0 Å². The van der Waals surface area contributed by atoms with Gasteiger partial charge in [0.1, 0.15) is 11.8 Å². The number of rotatable bonds is 6. The Kier molecular flexibility index (Phi) is 5.47. The first-order valence-corrected chi connectivity index (χ1v) is 5.03. The molecule has 0 spiro atoms. The Morgan fingerprint density at radius 2 is 1.88 bits per heavy atom. The maximum absolute atomic E-state index is 8.35. The standard InChI is InChI=1S/C12H13N3O/c13-6-1-8-15-10-11-2-4-12(5-3-11)16-9-7-14/h2-5,15H,1,8-10H2. The van der Waals surface area contributed by atoms with Gasteiger partial charge in [-0.3, -0.25) is 0 Å². The van der Waals surface area contributed by atoms with Gasteiger partial charge < -0.3 is 10.1 Å². The van der Waals surface area contributed by atoms with Crippen LogP contribution in [-0.2, 0) is 6.54 Å². The van der Waals surface area contributed by atoms with Gasteiger partial charge in [-0.25, -0.2) is 0 Å². The summed E-state index contributed by atoms with van der Waals surface area (Å²) in [6.45, 7) is 1.50. The third-order valence-electron chi connectivity index (χ3n) is 1.97. The molecule has 0 bridgehead atoms. The van der Waals surface area contributed by atoms with Crippen LogP contribution in [0.25, 0.3) is 0 Å². The van der Waals surface area contributed by atoms with Gasteiger partial charge in [0.05, 0.1) is 6.07 Å². The zero-order valence-electron chi connectivity index (χ0n) is 8.94. The van der Waals surface area contributed by atoms with Crippen LogP contribution >= 0.6 is 0 Å². The molecule has 0 fully saturated rings. The summed E-state index contributed by atoms with van der Waals surface area (Å²) in [5.74, 6) is 0.697.